The molecule has 6 heteroatoms. The first kappa shape index (κ1) is 18.4. The van der Waals surface area contributed by atoms with Crippen molar-refractivity contribution >= 4 is 32.3 Å². The second-order valence-corrected chi connectivity index (χ2v) is 7.36. The van der Waals surface area contributed by atoms with Gasteiger partial charge >= 0.3 is 21.4 Å². The van der Waals surface area contributed by atoms with Gasteiger partial charge in [-0.1, -0.05) is 90.9 Å². The van der Waals surface area contributed by atoms with Gasteiger partial charge in [0.1, 0.15) is 0 Å². The van der Waals surface area contributed by atoms with E-state index in [1.54, 1.807) is 0 Å². The van der Waals surface area contributed by atoms with Gasteiger partial charge in [0.05, 0.1) is 0 Å². The Morgan fingerprint density at radius 1 is 0.704 bits per heavy atom. The van der Waals surface area contributed by atoms with Crippen molar-refractivity contribution in [1.82, 2.24) is 0 Å². The van der Waals surface area contributed by atoms with Gasteiger partial charge < -0.3 is 13.7 Å². The second-order valence-electron chi connectivity index (χ2n) is 7.36. The summed E-state index contributed by atoms with van der Waals surface area (Å²) in [5.41, 5.74) is 4.40. The molecule has 2 aromatic carbocycles. The van der Waals surface area contributed by atoms with E-state index in [0.717, 1.165) is 22.1 Å². The lowest BCUT2D eigenvalue weighted by atomic mass is 9.55. The molecular weight excluding hydrogens is 333 g/mol. The fourth-order valence-corrected chi connectivity index (χ4v) is 3.70. The van der Waals surface area contributed by atoms with E-state index in [2.05, 4.69) is 69.3 Å². The number of rotatable bonds is 3. The monoisotopic (exact) mass is 356 g/mol. The molecule has 0 spiro atoms. The average molecular weight is 356 g/mol. The molecule has 1 saturated heterocycles. The second kappa shape index (κ2) is 7.93. The molecule has 0 aromatic heterocycles. The number of hydrogen-bond acceptors (Lipinski definition) is 3. The maximum Gasteiger partial charge on any atom is 0.467 e. The minimum atomic E-state index is -0.457. The Balaban J connectivity index is 1.68. The van der Waals surface area contributed by atoms with Crippen LogP contribution in [0, 0.1) is 19.8 Å². The lowest BCUT2D eigenvalue weighted by Crippen LogP contribution is -2.60. The van der Waals surface area contributed by atoms with Crippen LogP contribution in [0.3, 0.4) is 0 Å². The summed E-state index contributed by atoms with van der Waals surface area (Å²) >= 11 is 0. The van der Waals surface area contributed by atoms with Gasteiger partial charge in [0, 0.05) is 5.82 Å². The Kier molecular flexibility index (Phi) is 5.39. The van der Waals surface area contributed by atoms with Crippen LogP contribution < -0.4 is 10.9 Å². The third kappa shape index (κ3) is 3.84. The molecule has 2 aromatic rings. The van der Waals surface area contributed by atoms with Gasteiger partial charge in [-0.3, -0.25) is 0 Å². The predicted octanol–water partition coefficient (Wildman–Crippen LogP) is 3.08. The highest BCUT2D eigenvalue weighted by Crippen LogP contribution is 2.31. The van der Waals surface area contributed by atoms with E-state index in [-0.39, 0.29) is 12.9 Å². The molecule has 27 heavy (non-hydrogen) atoms. The summed E-state index contributed by atoms with van der Waals surface area (Å²) in [7, 11) is -1.29. The molecule has 0 amide bonds. The smallest absolute Gasteiger partial charge is 0.448 e. The van der Waals surface area contributed by atoms with Crippen molar-refractivity contribution in [3.05, 3.63) is 84.0 Å². The maximum atomic E-state index is 6.33. The number of benzene rings is 2. The minimum absolute atomic E-state index is 0.150. The van der Waals surface area contributed by atoms with Crippen molar-refractivity contribution < 1.29 is 13.7 Å². The fourth-order valence-electron chi connectivity index (χ4n) is 3.70. The van der Waals surface area contributed by atoms with E-state index in [9.17, 15) is 0 Å². The van der Waals surface area contributed by atoms with Gasteiger partial charge in [-0.05, 0) is 30.7 Å². The third-order valence-corrected chi connectivity index (χ3v) is 5.43. The number of aryl methyl sites for hydroxylation is 2. The molecule has 1 aliphatic carbocycles. The molecule has 2 atom stereocenters. The predicted molar refractivity (Wildman–Crippen MR) is 113 cm³/mol. The van der Waals surface area contributed by atoms with Crippen molar-refractivity contribution in [3.8, 4) is 0 Å². The zero-order chi connectivity index (χ0) is 18.8. The molecule has 0 N–H and O–H groups in total. The van der Waals surface area contributed by atoms with E-state index in [0.29, 0.717) is 5.92 Å². The van der Waals surface area contributed by atoms with Gasteiger partial charge in [0.15, 0.2) is 0 Å². The quantitative estimate of drug-likeness (QED) is 0.792. The molecular formula is C21H23B3O3. The van der Waals surface area contributed by atoms with Crippen LogP contribution in [0.2, 0.25) is 5.82 Å². The Morgan fingerprint density at radius 3 is 1.74 bits per heavy atom. The minimum Gasteiger partial charge on any atom is -0.448 e. The van der Waals surface area contributed by atoms with Gasteiger partial charge in [-0.2, -0.15) is 0 Å². The standard InChI is InChI=1S/C21H23B3O3/c1-16-10-4-7-13-19(16)22-25-23(20-14-8-5-11-17(20)2)27-24(26-22)21-15-9-6-12-18(21)3/h4-16,19H,1-3H3. The molecule has 0 saturated carbocycles. The van der Waals surface area contributed by atoms with E-state index < -0.39 is 14.2 Å². The molecule has 2 aliphatic rings. The normalized spacial score (nSPS) is 22.4. The highest BCUT2D eigenvalue weighted by molar-refractivity contribution is 6.84. The van der Waals surface area contributed by atoms with Crippen molar-refractivity contribution in [2.24, 2.45) is 5.92 Å². The molecule has 1 aliphatic heterocycles. The largest absolute Gasteiger partial charge is 0.467 e. The summed E-state index contributed by atoms with van der Waals surface area (Å²) in [6.07, 6.45) is 8.51. The fraction of sp³-hybridized carbons (Fsp3) is 0.238. The van der Waals surface area contributed by atoms with Crippen LogP contribution in [0.4, 0.5) is 0 Å². The van der Waals surface area contributed by atoms with E-state index in [1.807, 2.05) is 24.3 Å². The van der Waals surface area contributed by atoms with E-state index in [1.165, 1.54) is 0 Å². The molecule has 1 fully saturated rings. The zero-order valence-corrected chi connectivity index (χ0v) is 16.0. The Bertz CT molecular complexity index is 814. The summed E-state index contributed by atoms with van der Waals surface area (Å²) in [5, 5.41) is 0. The molecule has 1 heterocycles. The molecule has 0 bridgehead atoms. The van der Waals surface area contributed by atoms with Gasteiger partial charge in [0.25, 0.3) is 0 Å². The Labute approximate surface area is 162 Å². The summed E-state index contributed by atoms with van der Waals surface area (Å²) in [4.78, 5) is 0. The molecule has 134 valence electrons. The van der Waals surface area contributed by atoms with Gasteiger partial charge in [-0.15, -0.1) is 0 Å². The summed E-state index contributed by atoms with van der Waals surface area (Å²) in [5.74, 6) is 0.491. The van der Waals surface area contributed by atoms with Crippen LogP contribution in [-0.4, -0.2) is 21.4 Å². The first-order chi connectivity index (χ1) is 13.1. The van der Waals surface area contributed by atoms with Crippen molar-refractivity contribution in [3.63, 3.8) is 0 Å². The average Bonchev–Trinajstić information content (AvgIpc) is 2.69. The van der Waals surface area contributed by atoms with Crippen molar-refractivity contribution in [1.29, 1.82) is 0 Å². The summed E-state index contributed by atoms with van der Waals surface area (Å²) in [6, 6.07) is 16.4. The third-order valence-electron chi connectivity index (χ3n) is 5.43. The highest BCUT2D eigenvalue weighted by atomic mass is 16.7. The molecule has 4 rings (SSSR count). The first-order valence-corrected chi connectivity index (χ1v) is 9.56. The SMILES string of the molecule is Cc1ccccc1B1OB(c2ccccc2C)OB(C2C=CC=CC2C)O1. The first-order valence-electron chi connectivity index (χ1n) is 9.56. The Hall–Kier alpha value is -2.01. The van der Waals surface area contributed by atoms with Crippen LogP contribution in [0.15, 0.2) is 72.8 Å². The maximum absolute atomic E-state index is 6.33. The number of hydrogen-bond donors (Lipinski definition) is 0. The topological polar surface area (TPSA) is 27.7 Å². The van der Waals surface area contributed by atoms with Crippen molar-refractivity contribution in [2.45, 2.75) is 26.6 Å². The van der Waals surface area contributed by atoms with Crippen molar-refractivity contribution in [2.75, 3.05) is 0 Å². The zero-order valence-electron chi connectivity index (χ0n) is 16.0. The van der Waals surface area contributed by atoms with Crippen LogP contribution in [-0.2, 0) is 13.7 Å². The highest BCUT2D eigenvalue weighted by Gasteiger charge is 2.47. The molecule has 3 nitrogen and oxygen atoms in total. The lowest BCUT2D eigenvalue weighted by Gasteiger charge is -2.36. The van der Waals surface area contributed by atoms with Gasteiger partial charge in [-0.25, -0.2) is 0 Å². The van der Waals surface area contributed by atoms with Crippen LogP contribution in [0.25, 0.3) is 0 Å². The Morgan fingerprint density at radius 2 is 1.22 bits per heavy atom. The van der Waals surface area contributed by atoms with Gasteiger partial charge in [0.2, 0.25) is 0 Å². The van der Waals surface area contributed by atoms with E-state index in [4.69, 9.17) is 13.7 Å². The van der Waals surface area contributed by atoms with E-state index >= 15 is 0 Å². The van der Waals surface area contributed by atoms with Crippen LogP contribution >= 0.6 is 0 Å². The van der Waals surface area contributed by atoms with Crippen LogP contribution in [0.5, 0.6) is 0 Å². The summed E-state index contributed by atoms with van der Waals surface area (Å²) < 4.78 is 18.9. The number of allylic oxidation sites excluding steroid dienone is 4. The van der Waals surface area contributed by atoms with Crippen LogP contribution in [0.1, 0.15) is 18.1 Å². The molecule has 2 unspecified atom stereocenters. The lowest BCUT2D eigenvalue weighted by molar-refractivity contribution is 0.287. The summed E-state index contributed by atoms with van der Waals surface area (Å²) in [6.45, 7) is 6.36. The molecule has 0 radical (unpaired) electrons.